The molecule has 2 rings (SSSR count). The molecule has 0 aromatic heterocycles. The molecule has 1 aromatic rings. The van der Waals surface area contributed by atoms with Gasteiger partial charge in [-0.25, -0.2) is 13.6 Å². The summed E-state index contributed by atoms with van der Waals surface area (Å²) in [5.41, 5.74) is 0.957. The number of sulfonamides is 1. The fourth-order valence-corrected chi connectivity index (χ4v) is 3.26. The molecule has 0 saturated heterocycles. The van der Waals surface area contributed by atoms with Crippen LogP contribution in [0, 0.1) is 11.8 Å². The Kier molecular flexibility index (Phi) is 4.16. The third kappa shape index (κ3) is 3.48. The minimum Gasteiger partial charge on any atom is -0.382 e. The molecule has 1 saturated carbocycles. The number of hydrogen-bond acceptors (Lipinski definition) is 3. The summed E-state index contributed by atoms with van der Waals surface area (Å²) >= 11 is 0. The van der Waals surface area contributed by atoms with E-state index in [1.165, 1.54) is 19.3 Å². The quantitative estimate of drug-likeness (QED) is 0.895. The van der Waals surface area contributed by atoms with Gasteiger partial charge in [0.25, 0.3) is 0 Å². The number of nitrogens with one attached hydrogen (secondary N) is 1. The van der Waals surface area contributed by atoms with Gasteiger partial charge in [-0.2, -0.15) is 0 Å². The monoisotopic (exact) mass is 282 g/mol. The Morgan fingerprint density at radius 3 is 2.37 bits per heavy atom. The van der Waals surface area contributed by atoms with Crippen LogP contribution in [0.3, 0.4) is 0 Å². The van der Waals surface area contributed by atoms with Gasteiger partial charge in [0.1, 0.15) is 0 Å². The fourth-order valence-electron chi connectivity index (χ4n) is 2.74. The highest BCUT2D eigenvalue weighted by atomic mass is 32.2. The Balaban J connectivity index is 2.07. The Labute approximate surface area is 115 Å². The molecule has 3 unspecified atom stereocenters. The predicted molar refractivity (Wildman–Crippen MR) is 77.4 cm³/mol. The van der Waals surface area contributed by atoms with Gasteiger partial charge < -0.3 is 5.32 Å². The molecule has 5 heteroatoms. The van der Waals surface area contributed by atoms with Crippen LogP contribution in [-0.4, -0.2) is 14.5 Å². The molecule has 4 nitrogen and oxygen atoms in total. The average molecular weight is 282 g/mol. The van der Waals surface area contributed by atoms with E-state index in [0.717, 1.165) is 11.6 Å². The molecular formula is C14H22N2O2S. The Morgan fingerprint density at radius 1 is 1.16 bits per heavy atom. The first-order chi connectivity index (χ1) is 8.88. The van der Waals surface area contributed by atoms with Crippen LogP contribution in [0.5, 0.6) is 0 Å². The van der Waals surface area contributed by atoms with E-state index < -0.39 is 10.0 Å². The molecule has 0 aliphatic heterocycles. The van der Waals surface area contributed by atoms with Crippen molar-refractivity contribution in [2.75, 3.05) is 5.32 Å². The normalized spacial score (nSPS) is 28.1. The van der Waals surface area contributed by atoms with Crippen molar-refractivity contribution in [3.8, 4) is 0 Å². The number of anilines is 1. The Bertz CT molecular complexity index is 525. The summed E-state index contributed by atoms with van der Waals surface area (Å²) in [7, 11) is -3.60. The van der Waals surface area contributed by atoms with E-state index in [4.69, 9.17) is 5.14 Å². The van der Waals surface area contributed by atoms with Crippen LogP contribution >= 0.6 is 0 Å². The molecule has 106 valence electrons. The van der Waals surface area contributed by atoms with E-state index in [2.05, 4.69) is 19.2 Å². The first-order valence-corrected chi connectivity index (χ1v) is 8.32. The van der Waals surface area contributed by atoms with Gasteiger partial charge in [-0.1, -0.05) is 26.7 Å². The predicted octanol–water partition coefficient (Wildman–Crippen LogP) is 2.57. The molecule has 0 radical (unpaired) electrons. The standard InChI is InChI=1S/C14H22N2O2S/c1-10-4-3-5-14(11(10)2)16-12-6-8-13(9-7-12)19(15,17)18/h6-11,14,16H,3-5H2,1-2H3,(H2,15,17,18). The summed E-state index contributed by atoms with van der Waals surface area (Å²) in [6, 6.07) is 7.13. The highest BCUT2D eigenvalue weighted by Crippen LogP contribution is 2.31. The van der Waals surface area contributed by atoms with Crippen LogP contribution in [0.15, 0.2) is 29.2 Å². The van der Waals surface area contributed by atoms with Gasteiger partial charge in [-0.3, -0.25) is 0 Å². The summed E-state index contributed by atoms with van der Waals surface area (Å²) < 4.78 is 22.4. The number of primary sulfonamides is 1. The maximum Gasteiger partial charge on any atom is 0.238 e. The lowest BCUT2D eigenvalue weighted by molar-refractivity contribution is 0.253. The van der Waals surface area contributed by atoms with Crippen molar-refractivity contribution in [2.24, 2.45) is 17.0 Å². The molecule has 1 aliphatic carbocycles. The van der Waals surface area contributed by atoms with Crippen LogP contribution < -0.4 is 10.5 Å². The SMILES string of the molecule is CC1CCCC(Nc2ccc(S(N)(=O)=O)cc2)C1C. The number of benzene rings is 1. The largest absolute Gasteiger partial charge is 0.382 e. The smallest absolute Gasteiger partial charge is 0.238 e. The third-order valence-electron chi connectivity index (χ3n) is 4.24. The van der Waals surface area contributed by atoms with Crippen LogP contribution in [0.1, 0.15) is 33.1 Å². The first-order valence-electron chi connectivity index (χ1n) is 6.77. The van der Waals surface area contributed by atoms with Crippen molar-refractivity contribution in [3.63, 3.8) is 0 Å². The molecule has 0 spiro atoms. The van der Waals surface area contributed by atoms with E-state index in [-0.39, 0.29) is 4.90 Å². The van der Waals surface area contributed by atoms with E-state index in [0.29, 0.717) is 12.0 Å². The van der Waals surface area contributed by atoms with Crippen molar-refractivity contribution in [1.29, 1.82) is 0 Å². The highest BCUT2D eigenvalue weighted by molar-refractivity contribution is 7.89. The van der Waals surface area contributed by atoms with E-state index in [1.807, 2.05) is 0 Å². The lowest BCUT2D eigenvalue weighted by atomic mass is 9.78. The maximum absolute atomic E-state index is 11.2. The summed E-state index contributed by atoms with van der Waals surface area (Å²) in [5, 5.41) is 8.59. The molecular weight excluding hydrogens is 260 g/mol. The second kappa shape index (κ2) is 5.51. The number of nitrogens with two attached hydrogens (primary N) is 1. The van der Waals surface area contributed by atoms with Gasteiger partial charge in [-0.05, 0) is 42.5 Å². The first kappa shape index (κ1) is 14.3. The molecule has 19 heavy (non-hydrogen) atoms. The highest BCUT2D eigenvalue weighted by Gasteiger charge is 2.26. The lowest BCUT2D eigenvalue weighted by Gasteiger charge is -2.35. The maximum atomic E-state index is 11.2. The van der Waals surface area contributed by atoms with Crippen LogP contribution in [0.2, 0.25) is 0 Å². The summed E-state index contributed by atoms with van der Waals surface area (Å²) in [4.78, 5) is 0.156. The summed E-state index contributed by atoms with van der Waals surface area (Å²) in [5.74, 6) is 1.36. The molecule has 1 fully saturated rings. The van der Waals surface area contributed by atoms with E-state index in [1.54, 1.807) is 24.3 Å². The van der Waals surface area contributed by atoms with Crippen molar-refractivity contribution in [2.45, 2.75) is 44.0 Å². The molecule has 3 N–H and O–H groups in total. The zero-order valence-corrected chi connectivity index (χ0v) is 12.3. The molecule has 3 atom stereocenters. The van der Waals surface area contributed by atoms with Gasteiger partial charge in [-0.15, -0.1) is 0 Å². The molecule has 1 aromatic carbocycles. The van der Waals surface area contributed by atoms with Gasteiger partial charge in [0.2, 0.25) is 10.0 Å². The van der Waals surface area contributed by atoms with Crippen molar-refractivity contribution < 1.29 is 8.42 Å². The van der Waals surface area contributed by atoms with Gasteiger partial charge in [0.05, 0.1) is 4.90 Å². The van der Waals surface area contributed by atoms with Gasteiger partial charge in [0.15, 0.2) is 0 Å². The van der Waals surface area contributed by atoms with Crippen molar-refractivity contribution >= 4 is 15.7 Å². The zero-order chi connectivity index (χ0) is 14.0. The third-order valence-corrected chi connectivity index (χ3v) is 5.17. The molecule has 0 bridgehead atoms. The lowest BCUT2D eigenvalue weighted by Crippen LogP contribution is -2.34. The van der Waals surface area contributed by atoms with Crippen LogP contribution in [0.4, 0.5) is 5.69 Å². The van der Waals surface area contributed by atoms with Crippen molar-refractivity contribution in [3.05, 3.63) is 24.3 Å². The summed E-state index contributed by atoms with van der Waals surface area (Å²) in [6.45, 7) is 4.57. The Hall–Kier alpha value is -1.07. The zero-order valence-electron chi connectivity index (χ0n) is 11.5. The molecule has 1 aliphatic rings. The van der Waals surface area contributed by atoms with E-state index in [9.17, 15) is 8.42 Å². The minimum absolute atomic E-state index is 0.156. The minimum atomic E-state index is -3.60. The summed E-state index contributed by atoms with van der Waals surface area (Å²) in [6.07, 6.45) is 3.71. The fraction of sp³-hybridized carbons (Fsp3) is 0.571. The molecule has 0 amide bonds. The number of hydrogen-bond donors (Lipinski definition) is 2. The number of rotatable bonds is 3. The Morgan fingerprint density at radius 2 is 1.79 bits per heavy atom. The second-order valence-electron chi connectivity index (χ2n) is 5.59. The van der Waals surface area contributed by atoms with Gasteiger partial charge in [0, 0.05) is 11.7 Å². The molecule has 0 heterocycles. The average Bonchev–Trinajstić information content (AvgIpc) is 2.35. The van der Waals surface area contributed by atoms with E-state index >= 15 is 0 Å². The van der Waals surface area contributed by atoms with Crippen LogP contribution in [-0.2, 0) is 10.0 Å². The van der Waals surface area contributed by atoms with Gasteiger partial charge >= 0.3 is 0 Å². The van der Waals surface area contributed by atoms with Crippen LogP contribution in [0.25, 0.3) is 0 Å². The van der Waals surface area contributed by atoms with Crippen molar-refractivity contribution in [1.82, 2.24) is 0 Å². The topological polar surface area (TPSA) is 72.2 Å². The second-order valence-corrected chi connectivity index (χ2v) is 7.15.